The number of benzene rings is 1. The van der Waals surface area contributed by atoms with Gasteiger partial charge >= 0.3 is 0 Å². The van der Waals surface area contributed by atoms with E-state index in [1.54, 1.807) is 0 Å². The molecule has 0 spiro atoms. The van der Waals surface area contributed by atoms with Crippen molar-refractivity contribution in [1.82, 2.24) is 9.80 Å². The quantitative estimate of drug-likeness (QED) is 0.829. The van der Waals surface area contributed by atoms with Gasteiger partial charge in [0, 0.05) is 44.3 Å². The van der Waals surface area contributed by atoms with Crippen molar-refractivity contribution in [2.75, 3.05) is 26.2 Å². The fourth-order valence-electron chi connectivity index (χ4n) is 4.95. The SMILES string of the molecule is OC1CCN([C@@H]2CCN(Cc3ccccc3OC3CCCC3)C[C@H]2O)CC1. The zero-order valence-electron chi connectivity index (χ0n) is 16.3. The predicted molar refractivity (Wildman–Crippen MR) is 106 cm³/mol. The van der Waals surface area contributed by atoms with E-state index in [1.807, 2.05) is 0 Å². The highest BCUT2D eigenvalue weighted by atomic mass is 16.5. The zero-order chi connectivity index (χ0) is 18.6. The Morgan fingerprint density at radius 3 is 2.41 bits per heavy atom. The summed E-state index contributed by atoms with van der Waals surface area (Å²) in [6.07, 6.45) is 7.44. The zero-order valence-corrected chi connectivity index (χ0v) is 16.3. The first kappa shape index (κ1) is 19.2. The van der Waals surface area contributed by atoms with Gasteiger partial charge in [0.2, 0.25) is 0 Å². The van der Waals surface area contributed by atoms with Gasteiger partial charge in [0.05, 0.1) is 18.3 Å². The summed E-state index contributed by atoms with van der Waals surface area (Å²) in [5.41, 5.74) is 1.23. The van der Waals surface area contributed by atoms with Gasteiger partial charge in [-0.15, -0.1) is 0 Å². The first-order chi connectivity index (χ1) is 13.2. The number of rotatable bonds is 5. The van der Waals surface area contributed by atoms with Crippen molar-refractivity contribution in [1.29, 1.82) is 0 Å². The molecular formula is C22H34N2O3. The number of piperidine rings is 2. The summed E-state index contributed by atoms with van der Waals surface area (Å²) >= 11 is 0. The predicted octanol–water partition coefficient (Wildman–Crippen LogP) is 2.40. The third-order valence-corrected chi connectivity index (χ3v) is 6.56. The molecule has 0 radical (unpaired) electrons. The molecule has 3 aliphatic rings. The lowest BCUT2D eigenvalue weighted by Gasteiger charge is -2.43. The Balaban J connectivity index is 1.33. The van der Waals surface area contributed by atoms with Crippen LogP contribution in [0.5, 0.6) is 5.75 Å². The second-order valence-corrected chi connectivity index (χ2v) is 8.56. The fraction of sp³-hybridized carbons (Fsp3) is 0.727. The highest BCUT2D eigenvalue weighted by Gasteiger charge is 2.34. The van der Waals surface area contributed by atoms with Gasteiger partial charge in [0.1, 0.15) is 5.75 Å². The Morgan fingerprint density at radius 2 is 1.67 bits per heavy atom. The smallest absolute Gasteiger partial charge is 0.124 e. The van der Waals surface area contributed by atoms with Gasteiger partial charge in [0.15, 0.2) is 0 Å². The largest absolute Gasteiger partial charge is 0.490 e. The monoisotopic (exact) mass is 374 g/mol. The topological polar surface area (TPSA) is 56.2 Å². The summed E-state index contributed by atoms with van der Waals surface area (Å²) in [5, 5.41) is 20.5. The van der Waals surface area contributed by atoms with Gasteiger partial charge in [-0.05, 0) is 51.0 Å². The molecule has 150 valence electrons. The van der Waals surface area contributed by atoms with Crippen LogP contribution in [-0.4, -0.2) is 70.5 Å². The molecule has 1 aromatic carbocycles. The Labute approximate surface area is 162 Å². The molecule has 4 rings (SSSR count). The molecule has 1 aromatic rings. The number of likely N-dealkylation sites (tertiary alicyclic amines) is 2. The van der Waals surface area contributed by atoms with E-state index in [4.69, 9.17) is 4.74 Å². The first-order valence-corrected chi connectivity index (χ1v) is 10.8. The summed E-state index contributed by atoms with van der Waals surface area (Å²) in [6, 6.07) is 8.63. The lowest BCUT2D eigenvalue weighted by atomic mass is 9.96. The summed E-state index contributed by atoms with van der Waals surface area (Å²) in [4.78, 5) is 4.74. The molecule has 27 heavy (non-hydrogen) atoms. The van der Waals surface area contributed by atoms with Crippen LogP contribution >= 0.6 is 0 Å². The van der Waals surface area contributed by atoms with Crippen LogP contribution in [0.15, 0.2) is 24.3 Å². The third kappa shape index (κ3) is 4.83. The molecule has 0 aromatic heterocycles. The average Bonchev–Trinajstić information content (AvgIpc) is 3.18. The molecule has 1 aliphatic carbocycles. The lowest BCUT2D eigenvalue weighted by Crippen LogP contribution is -2.55. The molecular weight excluding hydrogens is 340 g/mol. The Hall–Kier alpha value is -1.14. The van der Waals surface area contributed by atoms with Gasteiger partial charge < -0.3 is 14.9 Å². The summed E-state index contributed by atoms with van der Waals surface area (Å²) in [7, 11) is 0. The Morgan fingerprint density at radius 1 is 0.926 bits per heavy atom. The lowest BCUT2D eigenvalue weighted by molar-refractivity contribution is -0.0357. The highest BCUT2D eigenvalue weighted by molar-refractivity contribution is 5.33. The van der Waals surface area contributed by atoms with Crippen molar-refractivity contribution in [3.05, 3.63) is 29.8 Å². The van der Waals surface area contributed by atoms with E-state index in [9.17, 15) is 10.2 Å². The molecule has 3 fully saturated rings. The number of aliphatic hydroxyl groups excluding tert-OH is 2. The van der Waals surface area contributed by atoms with Crippen molar-refractivity contribution in [3.8, 4) is 5.75 Å². The minimum absolute atomic E-state index is 0.158. The van der Waals surface area contributed by atoms with E-state index in [0.717, 1.165) is 51.2 Å². The van der Waals surface area contributed by atoms with Crippen molar-refractivity contribution in [3.63, 3.8) is 0 Å². The molecule has 0 bridgehead atoms. The van der Waals surface area contributed by atoms with Crippen molar-refractivity contribution >= 4 is 0 Å². The van der Waals surface area contributed by atoms with Gasteiger partial charge in [0.25, 0.3) is 0 Å². The maximum Gasteiger partial charge on any atom is 0.124 e. The Bertz CT molecular complexity index is 597. The molecule has 0 unspecified atom stereocenters. The van der Waals surface area contributed by atoms with Crippen LogP contribution in [0.3, 0.4) is 0 Å². The second-order valence-electron chi connectivity index (χ2n) is 8.56. The number of nitrogens with zero attached hydrogens (tertiary/aromatic N) is 2. The highest BCUT2D eigenvalue weighted by Crippen LogP contribution is 2.29. The molecule has 0 amide bonds. The average molecular weight is 375 g/mol. The van der Waals surface area contributed by atoms with Crippen LogP contribution in [0.25, 0.3) is 0 Å². The second kappa shape index (κ2) is 8.91. The van der Waals surface area contributed by atoms with Crippen LogP contribution < -0.4 is 4.74 Å². The van der Waals surface area contributed by atoms with Crippen LogP contribution in [-0.2, 0) is 6.54 Å². The van der Waals surface area contributed by atoms with E-state index in [1.165, 1.54) is 31.2 Å². The number of aliphatic hydroxyl groups is 2. The van der Waals surface area contributed by atoms with E-state index < -0.39 is 0 Å². The van der Waals surface area contributed by atoms with Gasteiger partial charge in [-0.25, -0.2) is 0 Å². The first-order valence-electron chi connectivity index (χ1n) is 10.8. The number of hydrogen-bond donors (Lipinski definition) is 2. The number of ether oxygens (including phenoxy) is 1. The van der Waals surface area contributed by atoms with Crippen LogP contribution in [0, 0.1) is 0 Å². The molecule has 2 saturated heterocycles. The molecule has 2 N–H and O–H groups in total. The summed E-state index contributed by atoms with van der Waals surface area (Å²) in [6.45, 7) is 4.35. The van der Waals surface area contributed by atoms with Crippen LogP contribution in [0.2, 0.25) is 0 Å². The van der Waals surface area contributed by atoms with Crippen molar-refractivity contribution in [2.24, 2.45) is 0 Å². The number of hydrogen-bond acceptors (Lipinski definition) is 5. The van der Waals surface area contributed by atoms with Crippen LogP contribution in [0.4, 0.5) is 0 Å². The molecule has 2 aliphatic heterocycles. The standard InChI is InChI=1S/C22H34N2O3/c25-18-9-13-24(14-10-18)20-11-12-23(16-21(20)26)15-17-5-1-4-8-22(17)27-19-6-2-3-7-19/h1,4-5,8,18-21,25-26H,2-3,6-7,9-16H2/t20-,21-/m1/s1. The van der Waals surface area contributed by atoms with Crippen LogP contribution in [0.1, 0.15) is 50.5 Å². The third-order valence-electron chi connectivity index (χ3n) is 6.56. The molecule has 2 heterocycles. The normalized spacial score (nSPS) is 29.3. The van der Waals surface area contributed by atoms with Crippen molar-refractivity contribution < 1.29 is 14.9 Å². The summed E-state index contributed by atoms with van der Waals surface area (Å²) < 4.78 is 6.28. The number of para-hydroxylation sites is 1. The molecule has 1 saturated carbocycles. The van der Waals surface area contributed by atoms with E-state index in [2.05, 4.69) is 34.1 Å². The summed E-state index contributed by atoms with van der Waals surface area (Å²) in [5.74, 6) is 1.02. The molecule has 2 atom stereocenters. The fourth-order valence-corrected chi connectivity index (χ4v) is 4.95. The molecule has 5 heteroatoms. The van der Waals surface area contributed by atoms with Gasteiger partial charge in [-0.1, -0.05) is 18.2 Å². The minimum Gasteiger partial charge on any atom is -0.490 e. The molecule has 5 nitrogen and oxygen atoms in total. The van der Waals surface area contributed by atoms with E-state index in [-0.39, 0.29) is 18.2 Å². The van der Waals surface area contributed by atoms with Gasteiger partial charge in [-0.3, -0.25) is 9.80 Å². The maximum atomic E-state index is 10.8. The van der Waals surface area contributed by atoms with E-state index in [0.29, 0.717) is 12.6 Å². The number of β-amino-alcohol motifs (C(OH)–C–C–N with tert-alkyl or cyclic N) is 1. The van der Waals surface area contributed by atoms with E-state index >= 15 is 0 Å². The van der Waals surface area contributed by atoms with Crippen molar-refractivity contribution in [2.45, 2.75) is 75.8 Å². The Kier molecular flexibility index (Phi) is 6.33. The minimum atomic E-state index is -0.322. The van der Waals surface area contributed by atoms with Gasteiger partial charge in [-0.2, -0.15) is 0 Å². The maximum absolute atomic E-state index is 10.8.